The third-order valence-corrected chi connectivity index (χ3v) is 4.75. The lowest BCUT2D eigenvalue weighted by molar-refractivity contribution is 0.603. The Balaban J connectivity index is 2.72. The molecule has 0 aliphatic rings. The second-order valence-corrected chi connectivity index (χ2v) is 7.23. The number of hydrogen-bond donors (Lipinski definition) is 0. The predicted octanol–water partition coefficient (Wildman–Crippen LogP) is 1.88. The molecule has 0 amide bonds. The van der Waals surface area contributed by atoms with E-state index in [2.05, 4.69) is 10.2 Å². The van der Waals surface area contributed by atoms with Gasteiger partial charge in [0.1, 0.15) is 14.9 Å². The molecule has 1 heterocycles. The molecule has 0 saturated carbocycles. The number of sulfone groups is 1. The quantitative estimate of drug-likeness (QED) is 0.788. The molecule has 0 spiro atoms. The fraction of sp³-hybridized carbons (Fsp3) is 0.556. The first-order chi connectivity index (χ1) is 7.31. The van der Waals surface area contributed by atoms with E-state index in [1.807, 2.05) is 13.8 Å². The summed E-state index contributed by atoms with van der Waals surface area (Å²) in [6.45, 7) is 3.77. The predicted molar refractivity (Wildman–Crippen MR) is 67.0 cm³/mol. The zero-order valence-corrected chi connectivity index (χ0v) is 11.7. The summed E-state index contributed by atoms with van der Waals surface area (Å²) in [4.78, 5) is 0. The van der Waals surface area contributed by atoms with E-state index in [0.717, 1.165) is 16.2 Å². The Kier molecular flexibility index (Phi) is 4.58. The number of halogens is 1. The molecule has 1 aromatic rings. The molecule has 0 unspecified atom stereocenters. The van der Waals surface area contributed by atoms with Crippen LogP contribution in [0.2, 0.25) is 5.15 Å². The minimum absolute atomic E-state index is 0.139. The van der Waals surface area contributed by atoms with Crippen molar-refractivity contribution < 1.29 is 8.42 Å². The topological polar surface area (TPSA) is 59.9 Å². The number of thioether (sulfide) groups is 1. The molecule has 0 aliphatic heterocycles. The molecule has 1 aromatic heterocycles. The highest BCUT2D eigenvalue weighted by Crippen LogP contribution is 2.24. The minimum Gasteiger partial charge on any atom is -0.229 e. The standard InChI is InChI=1S/C9H13ClN2O2S2/c1-6-7(2)9(12-11-8(6)10)15-4-5-16(3,13)14/h4-5H2,1-3H3. The summed E-state index contributed by atoms with van der Waals surface area (Å²) < 4.78 is 21.9. The van der Waals surface area contributed by atoms with Crippen molar-refractivity contribution in [3.63, 3.8) is 0 Å². The number of hydrogen-bond acceptors (Lipinski definition) is 5. The normalized spacial score (nSPS) is 11.8. The monoisotopic (exact) mass is 280 g/mol. The minimum atomic E-state index is -2.92. The van der Waals surface area contributed by atoms with Crippen LogP contribution >= 0.6 is 23.4 Å². The Bertz CT molecular complexity index is 489. The molecule has 16 heavy (non-hydrogen) atoms. The van der Waals surface area contributed by atoms with E-state index in [9.17, 15) is 8.42 Å². The van der Waals surface area contributed by atoms with Gasteiger partial charge in [-0.25, -0.2) is 8.42 Å². The van der Waals surface area contributed by atoms with Gasteiger partial charge >= 0.3 is 0 Å². The van der Waals surface area contributed by atoms with Crippen molar-refractivity contribution >= 4 is 33.2 Å². The third-order valence-electron chi connectivity index (χ3n) is 2.11. The largest absolute Gasteiger partial charge is 0.229 e. The lowest BCUT2D eigenvalue weighted by Crippen LogP contribution is -2.06. The summed E-state index contributed by atoms with van der Waals surface area (Å²) in [5.41, 5.74) is 1.84. The molecule has 7 heteroatoms. The number of rotatable bonds is 4. The van der Waals surface area contributed by atoms with Crippen molar-refractivity contribution in [3.05, 3.63) is 16.3 Å². The maximum Gasteiger partial charge on any atom is 0.154 e. The van der Waals surface area contributed by atoms with Crippen LogP contribution in [0.1, 0.15) is 11.1 Å². The van der Waals surface area contributed by atoms with Crippen LogP contribution < -0.4 is 0 Å². The molecular weight excluding hydrogens is 268 g/mol. The highest BCUT2D eigenvalue weighted by atomic mass is 35.5. The zero-order chi connectivity index (χ0) is 12.3. The van der Waals surface area contributed by atoms with Crippen LogP contribution in [0.15, 0.2) is 5.03 Å². The summed E-state index contributed by atoms with van der Waals surface area (Å²) in [6, 6.07) is 0. The van der Waals surface area contributed by atoms with Gasteiger partial charge in [-0.2, -0.15) is 0 Å². The second-order valence-electron chi connectivity index (χ2n) is 3.52. The Morgan fingerprint density at radius 3 is 2.44 bits per heavy atom. The lowest BCUT2D eigenvalue weighted by Gasteiger charge is -2.06. The van der Waals surface area contributed by atoms with Crippen molar-refractivity contribution in [3.8, 4) is 0 Å². The van der Waals surface area contributed by atoms with Crippen molar-refractivity contribution in [1.29, 1.82) is 0 Å². The molecule has 0 radical (unpaired) electrons. The van der Waals surface area contributed by atoms with Crippen LogP contribution in [-0.2, 0) is 9.84 Å². The highest BCUT2D eigenvalue weighted by Gasteiger charge is 2.09. The van der Waals surface area contributed by atoms with E-state index in [1.165, 1.54) is 18.0 Å². The summed E-state index contributed by atoms with van der Waals surface area (Å²) in [7, 11) is -2.92. The molecule has 0 bridgehead atoms. The first-order valence-corrected chi connectivity index (χ1v) is 8.03. The second kappa shape index (κ2) is 5.33. The Morgan fingerprint density at radius 2 is 1.88 bits per heavy atom. The van der Waals surface area contributed by atoms with E-state index in [0.29, 0.717) is 10.9 Å². The first kappa shape index (κ1) is 13.7. The zero-order valence-electron chi connectivity index (χ0n) is 9.32. The molecule has 90 valence electrons. The molecule has 0 saturated heterocycles. The molecule has 0 aliphatic carbocycles. The Hall–Kier alpha value is -0.330. The number of aromatic nitrogens is 2. The van der Waals surface area contributed by atoms with Gasteiger partial charge in [0, 0.05) is 12.0 Å². The van der Waals surface area contributed by atoms with E-state index in [4.69, 9.17) is 11.6 Å². The van der Waals surface area contributed by atoms with Gasteiger partial charge in [-0.15, -0.1) is 22.0 Å². The third kappa shape index (κ3) is 3.92. The van der Waals surface area contributed by atoms with Crippen LogP contribution in [0.5, 0.6) is 0 Å². The lowest BCUT2D eigenvalue weighted by atomic mass is 10.2. The van der Waals surface area contributed by atoms with E-state index < -0.39 is 9.84 Å². The molecule has 4 nitrogen and oxygen atoms in total. The van der Waals surface area contributed by atoms with Crippen molar-refractivity contribution in [2.24, 2.45) is 0 Å². The molecule has 0 fully saturated rings. The number of nitrogens with zero attached hydrogens (tertiary/aromatic N) is 2. The Labute approximate surface area is 105 Å². The molecule has 0 N–H and O–H groups in total. The van der Waals surface area contributed by atoms with Crippen LogP contribution in [0.3, 0.4) is 0 Å². The summed E-state index contributed by atoms with van der Waals surface area (Å²) in [5, 5.41) is 8.88. The van der Waals surface area contributed by atoms with Gasteiger partial charge in [0.2, 0.25) is 0 Å². The molecule has 0 atom stereocenters. The van der Waals surface area contributed by atoms with Gasteiger partial charge in [0.05, 0.1) is 5.75 Å². The van der Waals surface area contributed by atoms with E-state index in [1.54, 1.807) is 0 Å². The fourth-order valence-corrected chi connectivity index (χ4v) is 3.37. The highest BCUT2D eigenvalue weighted by molar-refractivity contribution is 8.00. The van der Waals surface area contributed by atoms with Gasteiger partial charge in [-0.05, 0) is 25.0 Å². The van der Waals surface area contributed by atoms with Gasteiger partial charge in [0.25, 0.3) is 0 Å². The Morgan fingerprint density at radius 1 is 1.25 bits per heavy atom. The SMILES string of the molecule is Cc1c(Cl)nnc(SCCS(C)(=O)=O)c1C. The van der Waals surface area contributed by atoms with Crippen LogP contribution in [0.25, 0.3) is 0 Å². The maximum absolute atomic E-state index is 11.0. The summed E-state index contributed by atoms with van der Waals surface area (Å²) in [5.74, 6) is 0.621. The summed E-state index contributed by atoms with van der Waals surface area (Å²) in [6.07, 6.45) is 1.22. The van der Waals surface area contributed by atoms with Gasteiger partial charge in [-0.1, -0.05) is 11.6 Å². The van der Waals surface area contributed by atoms with Crippen molar-refractivity contribution in [2.45, 2.75) is 18.9 Å². The van der Waals surface area contributed by atoms with Gasteiger partial charge in [-0.3, -0.25) is 0 Å². The van der Waals surface area contributed by atoms with Crippen LogP contribution in [0, 0.1) is 13.8 Å². The maximum atomic E-state index is 11.0. The van der Waals surface area contributed by atoms with Gasteiger partial charge < -0.3 is 0 Å². The summed E-state index contributed by atoms with van der Waals surface area (Å²) >= 11 is 7.20. The molecule has 0 aromatic carbocycles. The van der Waals surface area contributed by atoms with Crippen LogP contribution in [0.4, 0.5) is 0 Å². The fourth-order valence-electron chi connectivity index (χ4n) is 0.981. The van der Waals surface area contributed by atoms with Crippen LogP contribution in [-0.4, -0.2) is 36.4 Å². The smallest absolute Gasteiger partial charge is 0.154 e. The molecular formula is C9H13ClN2O2S2. The average molecular weight is 281 g/mol. The van der Waals surface area contributed by atoms with E-state index in [-0.39, 0.29) is 5.75 Å². The molecule has 1 rings (SSSR count). The first-order valence-electron chi connectivity index (χ1n) is 4.61. The van der Waals surface area contributed by atoms with Crippen molar-refractivity contribution in [2.75, 3.05) is 17.8 Å². The average Bonchev–Trinajstić information content (AvgIpc) is 2.16. The van der Waals surface area contributed by atoms with Crippen molar-refractivity contribution in [1.82, 2.24) is 10.2 Å². The van der Waals surface area contributed by atoms with Gasteiger partial charge in [0.15, 0.2) is 5.15 Å². The van der Waals surface area contributed by atoms with E-state index >= 15 is 0 Å².